The number of hydrogen-bond donors (Lipinski definition) is 0. The SMILES string of the molecule is Cc1cccc(C)c1-c1ccnc(-n2c3ccccc3c3ccc(Sc4cccc(-n5[cH+]n(C)c6ccccc65)c4)cc32)c1. The Morgan fingerprint density at radius 1 is 0.614 bits per heavy atom. The van der Waals surface area contributed by atoms with Crippen LogP contribution in [0.25, 0.3) is 55.5 Å². The van der Waals surface area contributed by atoms with Crippen LogP contribution < -0.4 is 0 Å². The highest BCUT2D eigenvalue weighted by molar-refractivity contribution is 7.99. The van der Waals surface area contributed by atoms with Crippen LogP contribution in [0.4, 0.5) is 0 Å². The van der Waals surface area contributed by atoms with Gasteiger partial charge in [-0.15, -0.1) is 0 Å². The molecule has 0 aliphatic carbocycles. The molecule has 0 unspecified atom stereocenters. The van der Waals surface area contributed by atoms with Crippen LogP contribution in [-0.2, 0) is 7.05 Å². The standard InChI is InChI=1S/C39H31N4S/c1-26-10-8-11-27(2)39(26)28-20-21-40-38(22-28)43-34-15-5-4-14-32(34)33-19-18-31(24-37(33)43)44-30-13-9-12-29(23-30)42-25-41(3)35-16-6-7-17-36(35)42/h4-25H,1-3H3/q+1. The highest BCUT2D eigenvalue weighted by Crippen LogP contribution is 2.37. The lowest BCUT2D eigenvalue weighted by Crippen LogP contribution is -1.98. The fourth-order valence-electron chi connectivity index (χ4n) is 6.53. The van der Waals surface area contributed by atoms with Gasteiger partial charge in [0.25, 0.3) is 0 Å². The van der Waals surface area contributed by atoms with Crippen molar-refractivity contribution in [3.63, 3.8) is 0 Å². The molecule has 0 saturated heterocycles. The number of para-hydroxylation sites is 3. The summed E-state index contributed by atoms with van der Waals surface area (Å²) in [7, 11) is 2.10. The molecule has 0 spiro atoms. The van der Waals surface area contributed by atoms with E-state index >= 15 is 0 Å². The Labute approximate surface area is 260 Å². The first-order valence-electron chi connectivity index (χ1n) is 14.9. The van der Waals surface area contributed by atoms with Gasteiger partial charge in [0.1, 0.15) is 11.5 Å². The average molecular weight is 588 g/mol. The highest BCUT2D eigenvalue weighted by atomic mass is 32.2. The number of imidazole rings is 1. The molecule has 0 bridgehead atoms. The smallest absolute Gasteiger partial charge is 0.191 e. The Hall–Kier alpha value is -5.13. The number of hydrogen-bond acceptors (Lipinski definition) is 2. The highest BCUT2D eigenvalue weighted by Gasteiger charge is 2.17. The third-order valence-corrected chi connectivity index (χ3v) is 9.51. The van der Waals surface area contributed by atoms with Gasteiger partial charge in [-0.25, -0.2) is 9.55 Å². The normalized spacial score (nSPS) is 11.6. The Morgan fingerprint density at radius 3 is 2.16 bits per heavy atom. The number of pyridine rings is 1. The number of aromatic nitrogens is 4. The van der Waals surface area contributed by atoms with E-state index in [0.717, 1.165) is 22.5 Å². The van der Waals surface area contributed by atoms with Crippen LogP contribution in [0.5, 0.6) is 0 Å². The topological polar surface area (TPSA) is 27.7 Å². The van der Waals surface area contributed by atoms with E-state index in [1.807, 2.05) is 6.20 Å². The zero-order valence-corrected chi connectivity index (χ0v) is 25.7. The number of aryl methyl sites for hydroxylation is 3. The molecule has 4 nitrogen and oxygen atoms in total. The van der Waals surface area contributed by atoms with E-state index in [-0.39, 0.29) is 0 Å². The summed E-state index contributed by atoms with van der Waals surface area (Å²) >= 11 is 1.79. The van der Waals surface area contributed by atoms with E-state index in [9.17, 15) is 0 Å². The van der Waals surface area contributed by atoms with Crippen molar-refractivity contribution >= 4 is 44.6 Å². The quantitative estimate of drug-likeness (QED) is 0.187. The van der Waals surface area contributed by atoms with Crippen molar-refractivity contribution in [1.29, 1.82) is 0 Å². The Bertz CT molecular complexity index is 2340. The third kappa shape index (κ3) is 4.40. The van der Waals surface area contributed by atoms with E-state index in [4.69, 9.17) is 4.98 Å². The summed E-state index contributed by atoms with van der Waals surface area (Å²) in [5.74, 6) is 0.924. The fourth-order valence-corrected chi connectivity index (χ4v) is 7.43. The summed E-state index contributed by atoms with van der Waals surface area (Å²) in [6, 6.07) is 43.6. The second-order valence-corrected chi connectivity index (χ2v) is 12.5. The first kappa shape index (κ1) is 26.5. The van der Waals surface area contributed by atoms with Crippen LogP contribution in [0, 0.1) is 13.8 Å². The van der Waals surface area contributed by atoms with Crippen molar-refractivity contribution in [2.45, 2.75) is 23.6 Å². The molecule has 0 atom stereocenters. The maximum absolute atomic E-state index is 4.90. The maximum Gasteiger partial charge on any atom is 0.191 e. The molecule has 0 fully saturated rings. The van der Waals surface area contributed by atoms with Crippen molar-refractivity contribution in [1.82, 2.24) is 18.7 Å². The molecule has 212 valence electrons. The average Bonchev–Trinajstić information content (AvgIpc) is 3.56. The lowest BCUT2D eigenvalue weighted by atomic mass is 9.96. The van der Waals surface area contributed by atoms with Gasteiger partial charge in [0.05, 0.1) is 11.0 Å². The summed E-state index contributed by atoms with van der Waals surface area (Å²) in [6.07, 6.45) is 4.09. The fraction of sp³-hybridized carbons (Fsp3) is 0.0769. The van der Waals surface area contributed by atoms with Gasteiger partial charge in [0.15, 0.2) is 17.4 Å². The van der Waals surface area contributed by atoms with Gasteiger partial charge in [-0.1, -0.05) is 54.2 Å². The molecule has 44 heavy (non-hydrogen) atoms. The number of nitrogens with zero attached hydrogens (tertiary/aromatic N) is 4. The molecule has 0 aliphatic rings. The Morgan fingerprint density at radius 2 is 1.32 bits per heavy atom. The molecule has 3 heterocycles. The van der Waals surface area contributed by atoms with Crippen LogP contribution in [0.1, 0.15) is 11.1 Å². The molecule has 8 rings (SSSR count). The first-order chi connectivity index (χ1) is 21.5. The van der Waals surface area contributed by atoms with Gasteiger partial charge in [0.2, 0.25) is 0 Å². The van der Waals surface area contributed by atoms with Crippen LogP contribution in [0.3, 0.4) is 0 Å². The Kier molecular flexibility index (Phi) is 6.35. The van der Waals surface area contributed by atoms with Crippen LogP contribution in [0.15, 0.2) is 144 Å². The Balaban J connectivity index is 1.23. The van der Waals surface area contributed by atoms with Crippen molar-refractivity contribution in [2.24, 2.45) is 7.05 Å². The second-order valence-electron chi connectivity index (χ2n) is 11.4. The van der Waals surface area contributed by atoms with Crippen molar-refractivity contribution in [2.75, 3.05) is 0 Å². The minimum absolute atomic E-state index is 0.924. The van der Waals surface area contributed by atoms with Gasteiger partial charge >= 0.3 is 0 Å². The van der Waals surface area contributed by atoms with Gasteiger partial charge in [-0.3, -0.25) is 4.57 Å². The van der Waals surface area contributed by atoms with Crippen LogP contribution >= 0.6 is 11.8 Å². The zero-order valence-electron chi connectivity index (χ0n) is 24.9. The van der Waals surface area contributed by atoms with Crippen LogP contribution in [0.2, 0.25) is 0 Å². The van der Waals surface area contributed by atoms with Crippen molar-refractivity contribution in [3.8, 4) is 22.6 Å². The summed E-state index contributed by atoms with van der Waals surface area (Å²) in [5.41, 5.74) is 10.9. The summed E-state index contributed by atoms with van der Waals surface area (Å²) in [5, 5.41) is 2.46. The summed E-state index contributed by atoms with van der Waals surface area (Å²) in [6.45, 7) is 4.36. The van der Waals surface area contributed by atoms with E-state index in [2.05, 4.69) is 162 Å². The first-order valence-corrected chi connectivity index (χ1v) is 15.7. The van der Waals surface area contributed by atoms with E-state index < -0.39 is 0 Å². The summed E-state index contributed by atoms with van der Waals surface area (Å²) < 4.78 is 6.74. The molecule has 3 aromatic heterocycles. The molecule has 0 saturated carbocycles. The van der Waals surface area contributed by atoms with Crippen molar-refractivity contribution in [3.05, 3.63) is 145 Å². The monoisotopic (exact) mass is 587 g/mol. The molecular formula is C39H31N4S+. The van der Waals surface area contributed by atoms with E-state index in [1.165, 1.54) is 53.9 Å². The molecule has 0 N–H and O–H groups in total. The van der Waals surface area contributed by atoms with Gasteiger partial charge < -0.3 is 0 Å². The zero-order chi connectivity index (χ0) is 29.8. The lowest BCUT2D eigenvalue weighted by molar-refractivity contribution is 0.909. The lowest BCUT2D eigenvalue weighted by Gasteiger charge is -2.13. The van der Waals surface area contributed by atoms with Gasteiger partial charge in [-0.2, -0.15) is 4.57 Å². The minimum atomic E-state index is 0.924. The summed E-state index contributed by atoms with van der Waals surface area (Å²) in [4.78, 5) is 7.29. The number of fused-ring (bicyclic) bond motifs is 4. The predicted octanol–water partition coefficient (Wildman–Crippen LogP) is 10.2. The molecule has 5 heteroatoms. The third-order valence-electron chi connectivity index (χ3n) is 8.53. The maximum atomic E-state index is 4.90. The molecule has 8 aromatic rings. The number of rotatable bonds is 5. The molecule has 0 aliphatic heterocycles. The largest absolute Gasteiger partial charge is 0.294 e. The van der Waals surface area contributed by atoms with E-state index in [0.29, 0.717) is 0 Å². The number of benzene rings is 5. The van der Waals surface area contributed by atoms with E-state index in [1.54, 1.807) is 11.8 Å². The molecule has 5 aromatic carbocycles. The molecular weight excluding hydrogens is 557 g/mol. The van der Waals surface area contributed by atoms with Gasteiger partial charge in [0, 0.05) is 58.1 Å². The predicted molar refractivity (Wildman–Crippen MR) is 184 cm³/mol. The van der Waals surface area contributed by atoms with Gasteiger partial charge in [-0.05, 0) is 90.7 Å². The second kappa shape index (κ2) is 10.5. The van der Waals surface area contributed by atoms with Crippen LogP contribution in [-0.4, -0.2) is 18.7 Å². The molecule has 0 radical (unpaired) electrons. The minimum Gasteiger partial charge on any atom is -0.294 e. The van der Waals surface area contributed by atoms with Crippen molar-refractivity contribution < 1.29 is 0 Å². The molecule has 0 amide bonds.